The van der Waals surface area contributed by atoms with Crippen LogP contribution in [0.15, 0.2) is 24.3 Å². The molecule has 2 aromatic rings. The molecule has 7 nitrogen and oxygen atoms in total. The number of hydrogen-bond acceptors (Lipinski definition) is 5. The Morgan fingerprint density at radius 1 is 1.35 bits per heavy atom. The largest absolute Gasteiger partial charge is 0.334 e. The van der Waals surface area contributed by atoms with Gasteiger partial charge in [-0.1, -0.05) is 23.5 Å². The molecule has 0 fully saturated rings. The van der Waals surface area contributed by atoms with Crippen molar-refractivity contribution in [1.29, 1.82) is 0 Å². The van der Waals surface area contributed by atoms with E-state index >= 15 is 0 Å². The highest BCUT2D eigenvalue weighted by atomic mass is 32.2. The van der Waals surface area contributed by atoms with Gasteiger partial charge >= 0.3 is 6.03 Å². The van der Waals surface area contributed by atoms with Crippen LogP contribution in [0.25, 0.3) is 0 Å². The van der Waals surface area contributed by atoms with E-state index in [1.165, 1.54) is 27.8 Å². The summed E-state index contributed by atoms with van der Waals surface area (Å²) in [5.74, 6) is -0.261. The number of nitrogens with zero attached hydrogens (tertiary/aromatic N) is 2. The van der Waals surface area contributed by atoms with E-state index in [-0.39, 0.29) is 18.1 Å². The maximum atomic E-state index is 12.9. The van der Waals surface area contributed by atoms with Crippen molar-refractivity contribution in [2.75, 3.05) is 17.6 Å². The Labute approximate surface area is 155 Å². The monoisotopic (exact) mass is 398 g/mol. The summed E-state index contributed by atoms with van der Waals surface area (Å²) in [6, 6.07) is 5.44. The number of aromatic nitrogens is 1. The third kappa shape index (κ3) is 4.37. The Balaban J connectivity index is 1.58. The van der Waals surface area contributed by atoms with Crippen molar-refractivity contribution in [1.82, 2.24) is 14.6 Å². The zero-order valence-corrected chi connectivity index (χ0v) is 15.8. The van der Waals surface area contributed by atoms with Crippen LogP contribution < -0.4 is 10.6 Å². The van der Waals surface area contributed by atoms with E-state index in [1.54, 1.807) is 19.1 Å². The molecule has 140 valence electrons. The Morgan fingerprint density at radius 2 is 2.08 bits per heavy atom. The van der Waals surface area contributed by atoms with Gasteiger partial charge in [-0.25, -0.2) is 22.6 Å². The van der Waals surface area contributed by atoms with Crippen LogP contribution in [0.1, 0.15) is 23.1 Å². The smallest absolute Gasteiger partial charge is 0.321 e. The highest BCUT2D eigenvalue weighted by molar-refractivity contribution is 7.89. The standard InChI is InChI=1S/C16H19FN4O3S2/c1-2-26(23,24)21-8-7-13-14(10-21)25-16(19-13)20-15(22)18-9-11-3-5-12(17)6-4-11/h3-6H,2,7-10H2,1H3,(H2,18,19,20,22). The first-order valence-electron chi connectivity index (χ1n) is 8.13. The molecule has 2 amide bonds. The van der Waals surface area contributed by atoms with Crippen LogP contribution in [-0.4, -0.2) is 36.0 Å². The van der Waals surface area contributed by atoms with Crippen LogP contribution in [0.4, 0.5) is 14.3 Å². The summed E-state index contributed by atoms with van der Waals surface area (Å²) in [4.78, 5) is 17.2. The fraction of sp³-hybridized carbons (Fsp3) is 0.375. The quantitative estimate of drug-likeness (QED) is 0.809. The minimum absolute atomic E-state index is 0.0675. The lowest BCUT2D eigenvalue weighted by atomic mass is 10.2. The summed E-state index contributed by atoms with van der Waals surface area (Å²) in [5, 5.41) is 5.77. The van der Waals surface area contributed by atoms with Crippen LogP contribution in [0, 0.1) is 5.82 Å². The van der Waals surface area contributed by atoms with E-state index in [2.05, 4.69) is 15.6 Å². The van der Waals surface area contributed by atoms with Crippen LogP contribution in [-0.2, 0) is 29.5 Å². The minimum atomic E-state index is -3.23. The lowest BCUT2D eigenvalue weighted by Crippen LogP contribution is -2.36. The van der Waals surface area contributed by atoms with Crippen LogP contribution in [0.3, 0.4) is 0 Å². The predicted molar refractivity (Wildman–Crippen MR) is 97.9 cm³/mol. The van der Waals surface area contributed by atoms with Gasteiger partial charge in [0.05, 0.1) is 11.4 Å². The number of nitrogens with one attached hydrogen (secondary N) is 2. The first-order chi connectivity index (χ1) is 12.4. The van der Waals surface area contributed by atoms with Gasteiger partial charge in [-0.3, -0.25) is 5.32 Å². The summed E-state index contributed by atoms with van der Waals surface area (Å²) in [6.45, 7) is 2.58. The summed E-state index contributed by atoms with van der Waals surface area (Å²) >= 11 is 1.28. The molecule has 2 N–H and O–H groups in total. The number of rotatable bonds is 5. The van der Waals surface area contributed by atoms with Crippen molar-refractivity contribution in [3.8, 4) is 0 Å². The highest BCUT2D eigenvalue weighted by Crippen LogP contribution is 2.29. The first-order valence-corrected chi connectivity index (χ1v) is 10.6. The minimum Gasteiger partial charge on any atom is -0.334 e. The number of fused-ring (bicyclic) bond motifs is 1. The molecule has 0 bridgehead atoms. The lowest BCUT2D eigenvalue weighted by molar-refractivity contribution is 0.251. The fourth-order valence-electron chi connectivity index (χ4n) is 2.57. The van der Waals surface area contributed by atoms with Gasteiger partial charge in [0.15, 0.2) is 5.13 Å². The van der Waals surface area contributed by atoms with E-state index in [1.807, 2.05) is 0 Å². The number of carbonyl (C=O) groups excluding carboxylic acids is 1. The van der Waals surface area contributed by atoms with E-state index in [9.17, 15) is 17.6 Å². The first kappa shape index (κ1) is 18.7. The maximum absolute atomic E-state index is 12.9. The van der Waals surface area contributed by atoms with Gasteiger partial charge in [-0.15, -0.1) is 0 Å². The molecule has 0 atom stereocenters. The maximum Gasteiger partial charge on any atom is 0.321 e. The van der Waals surface area contributed by atoms with Gasteiger partial charge in [0.2, 0.25) is 10.0 Å². The van der Waals surface area contributed by atoms with Crippen molar-refractivity contribution in [2.45, 2.75) is 26.4 Å². The summed E-state index contributed by atoms with van der Waals surface area (Å²) in [7, 11) is -3.23. The number of sulfonamides is 1. The van der Waals surface area contributed by atoms with Crippen molar-refractivity contribution in [3.05, 3.63) is 46.2 Å². The Hall–Kier alpha value is -2.04. The van der Waals surface area contributed by atoms with E-state index in [0.29, 0.717) is 24.6 Å². The van der Waals surface area contributed by atoms with Gasteiger partial charge < -0.3 is 5.32 Å². The zero-order valence-electron chi connectivity index (χ0n) is 14.2. The van der Waals surface area contributed by atoms with Crippen molar-refractivity contribution in [2.24, 2.45) is 0 Å². The van der Waals surface area contributed by atoms with Crippen LogP contribution in [0.5, 0.6) is 0 Å². The summed E-state index contributed by atoms with van der Waals surface area (Å²) in [6.07, 6.45) is 0.532. The fourth-order valence-corrected chi connectivity index (χ4v) is 4.73. The number of hydrogen-bond donors (Lipinski definition) is 2. The molecule has 1 aromatic heterocycles. The molecule has 0 saturated carbocycles. The molecule has 10 heteroatoms. The molecular formula is C16H19FN4O3S2. The van der Waals surface area contributed by atoms with Gasteiger partial charge in [0.25, 0.3) is 0 Å². The molecule has 0 spiro atoms. The van der Waals surface area contributed by atoms with E-state index < -0.39 is 16.1 Å². The summed E-state index contributed by atoms with van der Waals surface area (Å²) < 4.78 is 38.3. The second-order valence-electron chi connectivity index (χ2n) is 5.81. The molecule has 0 saturated heterocycles. The Bertz CT molecular complexity index is 897. The second-order valence-corrected chi connectivity index (χ2v) is 9.15. The molecular weight excluding hydrogens is 379 g/mol. The van der Waals surface area contributed by atoms with E-state index in [4.69, 9.17) is 0 Å². The third-order valence-electron chi connectivity index (χ3n) is 4.04. The van der Waals surface area contributed by atoms with Crippen LogP contribution in [0.2, 0.25) is 0 Å². The third-order valence-corrected chi connectivity index (χ3v) is 6.87. The molecule has 0 aliphatic carbocycles. The average molecular weight is 398 g/mol. The second kappa shape index (κ2) is 7.68. The molecule has 1 aliphatic rings. The average Bonchev–Trinajstić information content (AvgIpc) is 3.02. The van der Waals surface area contributed by atoms with E-state index in [0.717, 1.165) is 16.1 Å². The summed E-state index contributed by atoms with van der Waals surface area (Å²) in [5.41, 5.74) is 1.60. The molecule has 1 aromatic carbocycles. The van der Waals surface area contributed by atoms with Crippen molar-refractivity contribution >= 4 is 32.5 Å². The number of amides is 2. The normalized spacial score (nSPS) is 14.7. The molecule has 0 unspecified atom stereocenters. The number of carbonyl (C=O) groups is 1. The predicted octanol–water partition coefficient (Wildman–Crippen LogP) is 2.31. The SMILES string of the molecule is CCS(=O)(=O)N1CCc2nc(NC(=O)NCc3ccc(F)cc3)sc2C1. The number of urea groups is 1. The number of halogens is 1. The van der Waals surface area contributed by atoms with Crippen molar-refractivity contribution in [3.63, 3.8) is 0 Å². The van der Waals surface area contributed by atoms with Gasteiger partial charge in [0.1, 0.15) is 5.82 Å². The zero-order chi connectivity index (χ0) is 18.7. The lowest BCUT2D eigenvalue weighted by Gasteiger charge is -2.24. The topological polar surface area (TPSA) is 91.4 Å². The molecule has 26 heavy (non-hydrogen) atoms. The molecule has 3 rings (SSSR count). The number of anilines is 1. The number of benzene rings is 1. The molecule has 2 heterocycles. The number of thiazole rings is 1. The van der Waals surface area contributed by atoms with Gasteiger partial charge in [0, 0.05) is 30.9 Å². The highest BCUT2D eigenvalue weighted by Gasteiger charge is 2.28. The Morgan fingerprint density at radius 3 is 2.77 bits per heavy atom. The molecule has 1 aliphatic heterocycles. The Kier molecular flexibility index (Phi) is 5.54. The van der Waals surface area contributed by atoms with Gasteiger partial charge in [-0.05, 0) is 24.6 Å². The van der Waals surface area contributed by atoms with Crippen molar-refractivity contribution < 1.29 is 17.6 Å². The van der Waals surface area contributed by atoms with Crippen LogP contribution >= 0.6 is 11.3 Å². The molecule has 0 radical (unpaired) electrons. The van der Waals surface area contributed by atoms with Gasteiger partial charge in [-0.2, -0.15) is 4.31 Å².